The molecule has 0 aromatic heterocycles. The minimum Gasteiger partial charge on any atom is -0.375 e. The summed E-state index contributed by atoms with van der Waals surface area (Å²) in [5.41, 5.74) is -1.53. The smallest absolute Gasteiger partial charge is 0.264 e. The average Bonchev–Trinajstić information content (AvgIpc) is 2.81. The molecule has 10 nitrogen and oxygen atoms in total. The minimum atomic E-state index is -3.80. The van der Waals surface area contributed by atoms with Crippen LogP contribution in [0.2, 0.25) is 0 Å². The van der Waals surface area contributed by atoms with E-state index >= 15 is 0 Å². The van der Waals surface area contributed by atoms with E-state index in [1.807, 2.05) is 0 Å². The van der Waals surface area contributed by atoms with Crippen LogP contribution in [0.5, 0.6) is 0 Å². The highest BCUT2D eigenvalue weighted by Gasteiger charge is 2.63. The van der Waals surface area contributed by atoms with Crippen molar-refractivity contribution < 1.29 is 44.1 Å². The number of fused-ring (bicyclic) bond motifs is 1. The third kappa shape index (κ3) is 4.64. The minimum absolute atomic E-state index is 0.514. The average molecular weight is 390 g/mol. The Morgan fingerprint density at radius 3 is 1.83 bits per heavy atom. The maximum absolute atomic E-state index is 11.3. The topological polar surface area (TPSA) is 124 Å². The van der Waals surface area contributed by atoms with E-state index in [1.54, 1.807) is 13.8 Å². The van der Waals surface area contributed by atoms with E-state index < -0.39 is 63.3 Å². The fraction of sp³-hybridized carbons (Fsp3) is 1.00. The van der Waals surface area contributed by atoms with Crippen molar-refractivity contribution in [1.82, 2.24) is 0 Å². The van der Waals surface area contributed by atoms with Crippen LogP contribution in [0.4, 0.5) is 0 Å². The molecule has 2 aliphatic rings. The van der Waals surface area contributed by atoms with Crippen molar-refractivity contribution in [1.29, 1.82) is 0 Å². The first kappa shape index (κ1) is 20.0. The predicted molar refractivity (Wildman–Crippen MR) is 80.0 cm³/mol. The van der Waals surface area contributed by atoms with Gasteiger partial charge in [0.2, 0.25) is 0 Å². The molecule has 12 heteroatoms. The molecule has 2 rings (SSSR count). The number of hydrogen-bond donors (Lipinski definition) is 0. The zero-order chi connectivity index (χ0) is 18.4. The molecule has 0 aromatic rings. The maximum Gasteiger partial charge on any atom is 0.264 e. The van der Waals surface area contributed by atoms with Crippen LogP contribution in [0.25, 0.3) is 0 Å². The Bertz CT molecular complexity index is 632. The lowest BCUT2D eigenvalue weighted by atomic mass is 9.97. The number of methoxy groups -OCH3 is 1. The Labute approximate surface area is 141 Å². The Balaban J connectivity index is 2.28. The molecule has 24 heavy (non-hydrogen) atoms. The molecule has 0 N–H and O–H groups in total. The monoisotopic (exact) mass is 390 g/mol. The van der Waals surface area contributed by atoms with Gasteiger partial charge >= 0.3 is 0 Å². The van der Waals surface area contributed by atoms with Gasteiger partial charge in [0.15, 0.2) is 12.1 Å². The Morgan fingerprint density at radius 1 is 0.917 bits per heavy atom. The zero-order valence-corrected chi connectivity index (χ0v) is 15.7. The maximum atomic E-state index is 11.3. The molecule has 2 fully saturated rings. The SMILES string of the molecule is CO[C@@H]1[C@H]2OC(C)(C)O[C@H]2OC1(COS(C)(=O)=O)COS(C)(=O)=O. The molecular formula is C12H22O10S2. The molecule has 2 aliphatic heterocycles. The third-order valence-electron chi connectivity index (χ3n) is 3.54. The lowest BCUT2D eigenvalue weighted by Crippen LogP contribution is -2.53. The summed E-state index contributed by atoms with van der Waals surface area (Å²) in [6, 6.07) is 0. The Hall–Kier alpha value is -0.340. The lowest BCUT2D eigenvalue weighted by molar-refractivity contribution is -0.251. The van der Waals surface area contributed by atoms with Crippen molar-refractivity contribution >= 4 is 20.2 Å². The number of rotatable bonds is 7. The molecule has 0 saturated carbocycles. The Morgan fingerprint density at radius 2 is 1.42 bits per heavy atom. The van der Waals surface area contributed by atoms with Gasteiger partial charge in [-0.25, -0.2) is 0 Å². The molecule has 142 valence electrons. The van der Waals surface area contributed by atoms with Crippen LogP contribution in [-0.2, 0) is 47.5 Å². The highest BCUT2D eigenvalue weighted by molar-refractivity contribution is 7.86. The van der Waals surface area contributed by atoms with Gasteiger partial charge in [-0.3, -0.25) is 8.37 Å². The van der Waals surface area contributed by atoms with Crippen LogP contribution in [0.1, 0.15) is 13.8 Å². The number of ether oxygens (including phenoxy) is 4. The molecule has 2 heterocycles. The second kappa shape index (κ2) is 6.43. The van der Waals surface area contributed by atoms with Crippen molar-refractivity contribution in [2.45, 2.75) is 43.7 Å². The molecular weight excluding hydrogens is 368 g/mol. The van der Waals surface area contributed by atoms with Gasteiger partial charge in [0, 0.05) is 7.11 Å². The summed E-state index contributed by atoms with van der Waals surface area (Å²) in [5.74, 6) is -0.923. The van der Waals surface area contributed by atoms with Crippen LogP contribution in [0.15, 0.2) is 0 Å². The highest BCUT2D eigenvalue weighted by Crippen LogP contribution is 2.44. The molecule has 0 unspecified atom stereocenters. The van der Waals surface area contributed by atoms with Crippen LogP contribution >= 0.6 is 0 Å². The fourth-order valence-corrected chi connectivity index (χ4v) is 3.51. The summed E-state index contributed by atoms with van der Waals surface area (Å²) in [7, 11) is -6.25. The standard InChI is InChI=1S/C12H22O10S2/c1-11(2)20-8-9(17-3)12(22-10(8)21-11,6-18-23(4,13)14)7-19-24(5,15)16/h8-10H,6-7H2,1-5H3/t8-,9-,10+/m1/s1. The van der Waals surface area contributed by atoms with Crippen molar-refractivity contribution in [3.63, 3.8) is 0 Å². The van der Waals surface area contributed by atoms with Gasteiger partial charge in [0.25, 0.3) is 20.2 Å². The van der Waals surface area contributed by atoms with Crippen LogP contribution in [-0.4, -0.2) is 79.6 Å². The van der Waals surface area contributed by atoms with Gasteiger partial charge < -0.3 is 18.9 Å². The largest absolute Gasteiger partial charge is 0.375 e. The fourth-order valence-electron chi connectivity index (χ4n) is 2.69. The van der Waals surface area contributed by atoms with E-state index in [0.717, 1.165) is 12.5 Å². The van der Waals surface area contributed by atoms with E-state index in [-0.39, 0.29) is 0 Å². The summed E-state index contributed by atoms with van der Waals surface area (Å²) in [5, 5.41) is 0. The van der Waals surface area contributed by atoms with Crippen LogP contribution < -0.4 is 0 Å². The highest BCUT2D eigenvalue weighted by atomic mass is 32.2. The van der Waals surface area contributed by atoms with E-state index in [2.05, 4.69) is 0 Å². The first-order valence-electron chi connectivity index (χ1n) is 7.02. The van der Waals surface area contributed by atoms with Crippen molar-refractivity contribution in [2.75, 3.05) is 32.8 Å². The lowest BCUT2D eigenvalue weighted by Gasteiger charge is -2.34. The first-order chi connectivity index (χ1) is 10.8. The van der Waals surface area contributed by atoms with Gasteiger partial charge in [-0.1, -0.05) is 0 Å². The van der Waals surface area contributed by atoms with E-state index in [4.69, 9.17) is 27.3 Å². The normalized spacial score (nSPS) is 32.0. The zero-order valence-electron chi connectivity index (χ0n) is 14.0. The molecule has 0 aromatic carbocycles. The van der Waals surface area contributed by atoms with Gasteiger partial charge in [-0.2, -0.15) is 16.8 Å². The molecule has 0 amide bonds. The van der Waals surface area contributed by atoms with Gasteiger partial charge in [0.1, 0.15) is 31.0 Å². The van der Waals surface area contributed by atoms with Crippen LogP contribution in [0.3, 0.4) is 0 Å². The number of hydrogen-bond acceptors (Lipinski definition) is 10. The molecule has 2 saturated heterocycles. The van der Waals surface area contributed by atoms with E-state index in [9.17, 15) is 16.8 Å². The second-order valence-corrected chi connectivity index (χ2v) is 9.53. The van der Waals surface area contributed by atoms with Crippen molar-refractivity contribution in [3.8, 4) is 0 Å². The molecule has 3 atom stereocenters. The summed E-state index contributed by atoms with van der Waals surface area (Å²) >= 11 is 0. The molecule has 0 bridgehead atoms. The van der Waals surface area contributed by atoms with Crippen molar-refractivity contribution in [3.05, 3.63) is 0 Å². The molecule has 0 radical (unpaired) electrons. The first-order valence-corrected chi connectivity index (χ1v) is 10.7. The molecule has 0 spiro atoms. The summed E-state index contributed by atoms with van der Waals surface area (Å²) in [6.07, 6.45) is -0.710. The van der Waals surface area contributed by atoms with Crippen molar-refractivity contribution in [2.24, 2.45) is 0 Å². The summed E-state index contributed by atoms with van der Waals surface area (Å²) < 4.78 is 77.4. The van der Waals surface area contributed by atoms with E-state index in [1.165, 1.54) is 7.11 Å². The predicted octanol–water partition coefficient (Wildman–Crippen LogP) is -0.800. The van der Waals surface area contributed by atoms with Gasteiger partial charge in [-0.05, 0) is 13.8 Å². The second-order valence-electron chi connectivity index (χ2n) is 6.24. The molecule has 0 aliphatic carbocycles. The van der Waals surface area contributed by atoms with Gasteiger partial charge in [-0.15, -0.1) is 0 Å². The third-order valence-corrected chi connectivity index (χ3v) is 4.64. The Kier molecular flexibility index (Phi) is 5.35. The van der Waals surface area contributed by atoms with Crippen LogP contribution in [0, 0.1) is 0 Å². The summed E-state index contributed by atoms with van der Waals surface area (Å²) in [6.45, 7) is 2.34. The summed E-state index contributed by atoms with van der Waals surface area (Å²) in [4.78, 5) is 0. The quantitative estimate of drug-likeness (QED) is 0.510. The van der Waals surface area contributed by atoms with Gasteiger partial charge in [0.05, 0.1) is 12.5 Å². The van der Waals surface area contributed by atoms with E-state index in [0.29, 0.717) is 0 Å².